The smallest absolute Gasteiger partial charge is 0.227 e. The molecule has 0 amide bonds. The second-order valence-corrected chi connectivity index (χ2v) is 4.91. The van der Waals surface area contributed by atoms with Crippen LogP contribution >= 0.6 is 17.0 Å². The number of aryl methyl sites for hydroxylation is 1. The maximum atomic E-state index is 12.4. The molecule has 0 saturated heterocycles. The summed E-state index contributed by atoms with van der Waals surface area (Å²) in [7, 11) is 0. The quantitative estimate of drug-likeness (QED) is 0.522. The molecular weight excluding hydrogens is 326 g/mol. The molecule has 106 valence electrons. The third-order valence-electron chi connectivity index (χ3n) is 3.55. The van der Waals surface area contributed by atoms with E-state index in [9.17, 15) is 4.79 Å². The monoisotopic (exact) mass is 342 g/mol. The number of para-hydroxylation sites is 1. The van der Waals surface area contributed by atoms with Crippen molar-refractivity contribution in [3.63, 3.8) is 0 Å². The Hall–Kier alpha value is -2.00. The first-order valence-corrected chi connectivity index (χ1v) is 6.72. The number of rotatable bonds is 3. The molecule has 1 aromatic heterocycles. The molecule has 2 nitrogen and oxygen atoms in total. The second kappa shape index (κ2) is 6.64. The Kier molecular flexibility index (Phi) is 4.86. The minimum atomic E-state index is 0. The number of halogens is 1. The molecule has 0 N–H and O–H groups in total. The zero-order valence-corrected chi connectivity index (χ0v) is 13.5. The molecule has 0 aliphatic carbocycles. The van der Waals surface area contributed by atoms with Gasteiger partial charge in [0.05, 0.1) is 0 Å². The van der Waals surface area contributed by atoms with Crippen molar-refractivity contribution in [2.24, 2.45) is 0 Å². The van der Waals surface area contributed by atoms with Gasteiger partial charge in [-0.05, 0) is 12.1 Å². The number of carbonyl (C=O) groups is 1. The van der Waals surface area contributed by atoms with Crippen LogP contribution in [0.4, 0.5) is 0 Å². The topological polar surface area (TPSA) is 20.9 Å². The van der Waals surface area contributed by atoms with E-state index < -0.39 is 0 Å². The van der Waals surface area contributed by atoms with Gasteiger partial charge in [-0.3, -0.25) is 4.79 Å². The number of hydrogen-bond acceptors (Lipinski definition) is 1. The molecule has 0 saturated carbocycles. The number of benzene rings is 2. The average molecular weight is 343 g/mol. The predicted molar refractivity (Wildman–Crippen MR) is 90.0 cm³/mol. The van der Waals surface area contributed by atoms with Crippen LogP contribution in [0.15, 0.2) is 66.7 Å². The van der Waals surface area contributed by atoms with Gasteiger partial charge in [-0.2, -0.15) is 4.57 Å². The summed E-state index contributed by atoms with van der Waals surface area (Å²) in [5.41, 5.74) is 2.94. The summed E-state index contributed by atoms with van der Waals surface area (Å²) < 4.78 is 2.07. The van der Waals surface area contributed by atoms with Crippen LogP contribution in [0.5, 0.6) is 0 Å². The van der Waals surface area contributed by atoms with Gasteiger partial charge in [0.25, 0.3) is 0 Å². The summed E-state index contributed by atoms with van der Waals surface area (Å²) in [5, 5.41) is 1.15. The molecule has 0 aliphatic heterocycles. The Morgan fingerprint density at radius 1 is 0.905 bits per heavy atom. The Balaban J connectivity index is 0.00000161. The number of fused-ring (bicyclic) bond motifs is 1. The van der Waals surface area contributed by atoms with Crippen LogP contribution in [-0.2, 0) is 6.54 Å². The van der Waals surface area contributed by atoms with Gasteiger partial charge in [-0.25, -0.2) is 0 Å². The Bertz CT molecular complexity index is 769. The van der Waals surface area contributed by atoms with Crippen molar-refractivity contribution in [2.45, 2.75) is 13.5 Å². The fourth-order valence-electron chi connectivity index (χ4n) is 2.43. The van der Waals surface area contributed by atoms with Crippen LogP contribution in [0.25, 0.3) is 10.9 Å². The van der Waals surface area contributed by atoms with E-state index in [4.69, 9.17) is 0 Å². The molecule has 3 rings (SSSR count). The highest BCUT2D eigenvalue weighted by atomic mass is 79.9. The lowest BCUT2D eigenvalue weighted by atomic mass is 10.1. The molecule has 1 heterocycles. The number of carbonyl (C=O) groups excluding carboxylic acids is 1. The van der Waals surface area contributed by atoms with Crippen molar-refractivity contribution in [1.29, 1.82) is 0 Å². The van der Waals surface area contributed by atoms with E-state index in [1.807, 2.05) is 49.4 Å². The third-order valence-corrected chi connectivity index (χ3v) is 3.55. The Morgan fingerprint density at radius 2 is 1.57 bits per heavy atom. The number of Topliss-reactive ketones (excluding diaryl/α,β-unsaturated/α-hetero) is 1. The first kappa shape index (κ1) is 15.4. The van der Waals surface area contributed by atoms with E-state index in [0.717, 1.165) is 22.2 Å². The SMILES string of the molecule is Br.Cc1ccc2ccccc2[n+]1CC(=O)c1ccccc1. The molecular formula is C18H17BrNO+. The van der Waals surface area contributed by atoms with Gasteiger partial charge >= 0.3 is 0 Å². The van der Waals surface area contributed by atoms with Crippen LogP contribution < -0.4 is 4.57 Å². The summed E-state index contributed by atoms with van der Waals surface area (Å²) in [6.45, 7) is 2.40. The largest absolute Gasteiger partial charge is 0.287 e. The normalized spacial score (nSPS) is 10.1. The van der Waals surface area contributed by atoms with Gasteiger partial charge in [-0.15, -0.1) is 17.0 Å². The fourth-order valence-corrected chi connectivity index (χ4v) is 2.43. The van der Waals surface area contributed by atoms with Crippen molar-refractivity contribution < 1.29 is 9.36 Å². The number of ketones is 1. The zero-order chi connectivity index (χ0) is 13.9. The van der Waals surface area contributed by atoms with Crippen molar-refractivity contribution in [1.82, 2.24) is 0 Å². The summed E-state index contributed by atoms with van der Waals surface area (Å²) in [6, 6.07) is 21.7. The van der Waals surface area contributed by atoms with Crippen molar-refractivity contribution >= 4 is 33.7 Å². The van der Waals surface area contributed by atoms with Crippen LogP contribution in [0.2, 0.25) is 0 Å². The molecule has 21 heavy (non-hydrogen) atoms. The maximum absolute atomic E-state index is 12.4. The molecule has 0 radical (unpaired) electrons. The molecule has 0 spiro atoms. The lowest BCUT2D eigenvalue weighted by Gasteiger charge is -2.04. The van der Waals surface area contributed by atoms with Crippen LogP contribution in [-0.4, -0.2) is 5.78 Å². The zero-order valence-electron chi connectivity index (χ0n) is 11.8. The van der Waals surface area contributed by atoms with E-state index in [0.29, 0.717) is 6.54 Å². The highest BCUT2D eigenvalue weighted by molar-refractivity contribution is 8.93. The predicted octanol–water partition coefficient (Wildman–Crippen LogP) is 3.90. The molecule has 0 bridgehead atoms. The first-order valence-electron chi connectivity index (χ1n) is 6.72. The summed E-state index contributed by atoms with van der Waals surface area (Å²) >= 11 is 0. The Labute approximate surface area is 134 Å². The van der Waals surface area contributed by atoms with Gasteiger partial charge in [-0.1, -0.05) is 42.5 Å². The van der Waals surface area contributed by atoms with Gasteiger partial charge in [0, 0.05) is 30.0 Å². The molecule has 0 atom stereocenters. The van der Waals surface area contributed by atoms with Crippen molar-refractivity contribution in [3.8, 4) is 0 Å². The summed E-state index contributed by atoms with van der Waals surface area (Å²) in [5.74, 6) is 0.134. The van der Waals surface area contributed by atoms with Crippen LogP contribution in [0, 0.1) is 6.92 Å². The minimum absolute atomic E-state index is 0. The van der Waals surface area contributed by atoms with E-state index in [1.54, 1.807) is 0 Å². The van der Waals surface area contributed by atoms with E-state index >= 15 is 0 Å². The van der Waals surface area contributed by atoms with Gasteiger partial charge in [0.1, 0.15) is 0 Å². The van der Waals surface area contributed by atoms with E-state index in [2.05, 4.69) is 28.8 Å². The highest BCUT2D eigenvalue weighted by Crippen LogP contribution is 2.11. The number of nitrogens with zero attached hydrogens (tertiary/aromatic N) is 1. The molecule has 3 heteroatoms. The third kappa shape index (κ3) is 3.19. The van der Waals surface area contributed by atoms with Crippen molar-refractivity contribution in [2.75, 3.05) is 0 Å². The van der Waals surface area contributed by atoms with Crippen LogP contribution in [0.3, 0.4) is 0 Å². The fraction of sp³-hybridized carbons (Fsp3) is 0.111. The van der Waals surface area contributed by atoms with Crippen LogP contribution in [0.1, 0.15) is 16.1 Å². The number of aromatic nitrogens is 1. The second-order valence-electron chi connectivity index (χ2n) is 4.91. The van der Waals surface area contributed by atoms with E-state index in [1.165, 1.54) is 0 Å². The van der Waals surface area contributed by atoms with Gasteiger partial charge in [0.15, 0.2) is 5.69 Å². The van der Waals surface area contributed by atoms with Crippen molar-refractivity contribution in [3.05, 3.63) is 78.0 Å². The lowest BCUT2D eigenvalue weighted by Crippen LogP contribution is -2.41. The maximum Gasteiger partial charge on any atom is 0.227 e. The molecule has 0 fully saturated rings. The molecule has 0 aliphatic rings. The van der Waals surface area contributed by atoms with E-state index in [-0.39, 0.29) is 22.8 Å². The highest BCUT2D eigenvalue weighted by Gasteiger charge is 2.17. The molecule has 2 aromatic carbocycles. The Morgan fingerprint density at radius 3 is 2.33 bits per heavy atom. The minimum Gasteiger partial charge on any atom is -0.287 e. The number of hydrogen-bond donors (Lipinski definition) is 0. The van der Waals surface area contributed by atoms with Gasteiger partial charge in [0.2, 0.25) is 17.8 Å². The number of pyridine rings is 1. The summed E-state index contributed by atoms with van der Waals surface area (Å²) in [4.78, 5) is 12.4. The lowest BCUT2D eigenvalue weighted by molar-refractivity contribution is -0.663. The first-order chi connectivity index (χ1) is 9.75. The van der Waals surface area contributed by atoms with Gasteiger partial charge < -0.3 is 0 Å². The molecule has 3 aromatic rings. The molecule has 0 unspecified atom stereocenters. The standard InChI is InChI=1S/C18H16NO.BrH/c1-14-11-12-15-7-5-6-10-17(15)19(14)13-18(20)16-8-3-2-4-9-16;/h2-12H,13H2,1H3;1H/q+1;. The average Bonchev–Trinajstić information content (AvgIpc) is 2.51. The summed E-state index contributed by atoms with van der Waals surface area (Å²) in [6.07, 6.45) is 0.